The third-order valence-corrected chi connectivity index (χ3v) is 6.02. The Morgan fingerprint density at radius 1 is 1.24 bits per heavy atom. The van der Waals surface area contributed by atoms with E-state index in [0.29, 0.717) is 38.0 Å². The molecule has 0 fully saturated rings. The molecule has 2 aromatic carbocycles. The van der Waals surface area contributed by atoms with Crippen LogP contribution in [-0.4, -0.2) is 42.4 Å². The van der Waals surface area contributed by atoms with E-state index in [2.05, 4.69) is 30.9 Å². The summed E-state index contributed by atoms with van der Waals surface area (Å²) in [5.74, 6) is 2.40. The maximum Gasteiger partial charge on any atom is 0.511 e. The first kappa shape index (κ1) is 23.2. The highest BCUT2D eigenvalue weighted by atomic mass is 35.5. The molecule has 0 bridgehead atoms. The van der Waals surface area contributed by atoms with Crippen LogP contribution in [0.5, 0.6) is 11.5 Å². The molecule has 2 aromatic rings. The molecule has 0 atom stereocenters. The molecule has 4 rings (SSSR count). The number of nitrogens with zero attached hydrogens (tertiary/aromatic N) is 1. The number of rotatable bonds is 7. The number of fused-ring (bicyclic) bond motifs is 1. The van der Waals surface area contributed by atoms with E-state index in [4.69, 9.17) is 30.9 Å². The molecule has 0 spiro atoms. The molecule has 0 aliphatic carbocycles. The number of benzene rings is 2. The van der Waals surface area contributed by atoms with Gasteiger partial charge in [0, 0.05) is 29.7 Å². The van der Waals surface area contributed by atoms with E-state index in [1.807, 2.05) is 36.4 Å². The van der Waals surface area contributed by atoms with E-state index in [1.54, 1.807) is 0 Å². The van der Waals surface area contributed by atoms with E-state index in [9.17, 15) is 4.79 Å². The fraction of sp³-hybridized carbons (Fsp3) is 0.346. The molecule has 2 aliphatic heterocycles. The Morgan fingerprint density at radius 3 is 2.85 bits per heavy atom. The molecule has 0 radical (unpaired) electrons. The minimum absolute atomic E-state index is 0.384. The van der Waals surface area contributed by atoms with Gasteiger partial charge in [-0.15, -0.1) is 0 Å². The van der Waals surface area contributed by atoms with Gasteiger partial charge in [0.15, 0.2) is 0 Å². The number of carboxylic acid groups (broad SMARTS) is 1. The molecule has 174 valence electrons. The van der Waals surface area contributed by atoms with Crippen LogP contribution in [0, 0.1) is 0 Å². The highest BCUT2D eigenvalue weighted by molar-refractivity contribution is 6.31. The topological polar surface area (TPSA) is 68.2 Å². The van der Waals surface area contributed by atoms with Gasteiger partial charge in [-0.1, -0.05) is 37.6 Å². The lowest BCUT2D eigenvalue weighted by molar-refractivity contribution is 0.107. The van der Waals surface area contributed by atoms with Crippen LogP contribution in [0.25, 0.3) is 6.08 Å². The normalized spacial score (nSPS) is 15.9. The van der Waals surface area contributed by atoms with Crippen molar-refractivity contribution in [2.24, 2.45) is 0 Å². The summed E-state index contributed by atoms with van der Waals surface area (Å²) in [6, 6.07) is 11.9. The van der Waals surface area contributed by atoms with E-state index in [-0.39, 0.29) is 0 Å². The highest BCUT2D eigenvalue weighted by Gasteiger charge is 2.19. The molecule has 0 aromatic heterocycles. The molecular formula is C26H28ClNO5. The van der Waals surface area contributed by atoms with Crippen LogP contribution in [0.15, 0.2) is 53.8 Å². The van der Waals surface area contributed by atoms with E-state index >= 15 is 0 Å². The molecule has 0 unspecified atom stereocenters. The third-order valence-electron chi connectivity index (χ3n) is 5.69. The minimum atomic E-state index is -1.27. The SMILES string of the molecule is CC(C)c1ccc(COc2ccc3c(c2)OCC(CN2CCC=C(OC(=O)O)C2)=C3)cc1Cl. The Hall–Kier alpha value is -2.96. The molecule has 0 amide bonds. The first-order chi connectivity index (χ1) is 15.9. The van der Waals surface area contributed by atoms with Crippen molar-refractivity contribution in [3.8, 4) is 11.5 Å². The zero-order valence-corrected chi connectivity index (χ0v) is 19.6. The van der Waals surface area contributed by atoms with E-state index in [0.717, 1.165) is 51.8 Å². The van der Waals surface area contributed by atoms with Gasteiger partial charge in [-0.05, 0) is 59.4 Å². The van der Waals surface area contributed by atoms with Crippen LogP contribution in [0.3, 0.4) is 0 Å². The molecule has 33 heavy (non-hydrogen) atoms. The minimum Gasteiger partial charge on any atom is -0.489 e. The highest BCUT2D eigenvalue weighted by Crippen LogP contribution is 2.32. The quantitative estimate of drug-likeness (QED) is 0.494. The predicted molar refractivity (Wildman–Crippen MR) is 128 cm³/mol. The second-order valence-electron chi connectivity index (χ2n) is 8.63. The smallest absolute Gasteiger partial charge is 0.489 e. The van der Waals surface area contributed by atoms with Crippen LogP contribution in [-0.2, 0) is 11.3 Å². The van der Waals surface area contributed by atoms with E-state index in [1.165, 1.54) is 0 Å². The largest absolute Gasteiger partial charge is 0.511 e. The van der Waals surface area contributed by atoms with Crippen LogP contribution >= 0.6 is 11.6 Å². The second kappa shape index (κ2) is 10.3. The van der Waals surface area contributed by atoms with Gasteiger partial charge in [0.1, 0.15) is 30.5 Å². The second-order valence-corrected chi connectivity index (χ2v) is 9.04. The molecule has 0 saturated carbocycles. The monoisotopic (exact) mass is 469 g/mol. The van der Waals surface area contributed by atoms with Crippen LogP contribution < -0.4 is 9.47 Å². The van der Waals surface area contributed by atoms with Gasteiger partial charge >= 0.3 is 6.16 Å². The van der Waals surface area contributed by atoms with E-state index < -0.39 is 6.16 Å². The van der Waals surface area contributed by atoms with Gasteiger partial charge in [0.2, 0.25) is 0 Å². The fourth-order valence-electron chi connectivity index (χ4n) is 4.05. The fourth-order valence-corrected chi connectivity index (χ4v) is 4.47. The van der Waals surface area contributed by atoms with Crippen LogP contribution in [0.1, 0.15) is 42.9 Å². The average molecular weight is 470 g/mol. The van der Waals surface area contributed by atoms with Crippen molar-refractivity contribution in [1.29, 1.82) is 0 Å². The summed E-state index contributed by atoms with van der Waals surface area (Å²) >= 11 is 6.39. The maximum atomic E-state index is 10.8. The van der Waals surface area contributed by atoms with Gasteiger partial charge < -0.3 is 19.3 Å². The zero-order valence-electron chi connectivity index (χ0n) is 18.8. The summed E-state index contributed by atoms with van der Waals surface area (Å²) in [7, 11) is 0. The molecule has 0 saturated heterocycles. The molecule has 2 aliphatic rings. The summed E-state index contributed by atoms with van der Waals surface area (Å²) in [5, 5.41) is 9.59. The van der Waals surface area contributed by atoms with Crippen LogP contribution in [0.4, 0.5) is 4.79 Å². The summed E-state index contributed by atoms with van der Waals surface area (Å²) in [6.07, 6.45) is 3.45. The van der Waals surface area contributed by atoms with Gasteiger partial charge in [-0.25, -0.2) is 4.79 Å². The molecule has 2 heterocycles. The first-order valence-electron chi connectivity index (χ1n) is 11.1. The number of hydrogen-bond acceptors (Lipinski definition) is 5. The van der Waals surface area contributed by atoms with Crippen molar-refractivity contribution >= 4 is 23.8 Å². The summed E-state index contributed by atoms with van der Waals surface area (Å²) in [6.45, 7) is 7.19. The summed E-state index contributed by atoms with van der Waals surface area (Å²) in [4.78, 5) is 12.9. The van der Waals surface area contributed by atoms with Crippen molar-refractivity contribution in [3.05, 3.63) is 75.5 Å². The lowest BCUT2D eigenvalue weighted by Crippen LogP contribution is -2.34. The van der Waals surface area contributed by atoms with Crippen molar-refractivity contribution < 1.29 is 24.1 Å². The van der Waals surface area contributed by atoms with Crippen molar-refractivity contribution in [2.75, 3.05) is 26.2 Å². The lowest BCUT2D eigenvalue weighted by atomic mass is 10.0. The molecule has 6 nitrogen and oxygen atoms in total. The van der Waals surface area contributed by atoms with Crippen molar-refractivity contribution in [3.63, 3.8) is 0 Å². The third kappa shape index (κ3) is 6.09. The molecular weight excluding hydrogens is 442 g/mol. The number of halogens is 1. The van der Waals surface area contributed by atoms with Crippen LogP contribution in [0.2, 0.25) is 5.02 Å². The Morgan fingerprint density at radius 2 is 2.09 bits per heavy atom. The molecule has 7 heteroatoms. The lowest BCUT2D eigenvalue weighted by Gasteiger charge is -2.28. The van der Waals surface area contributed by atoms with Gasteiger partial charge in [0.05, 0.1) is 6.54 Å². The predicted octanol–water partition coefficient (Wildman–Crippen LogP) is 6.10. The van der Waals surface area contributed by atoms with Crippen molar-refractivity contribution in [2.45, 2.75) is 32.8 Å². The first-order valence-corrected chi connectivity index (χ1v) is 11.4. The molecule has 1 N–H and O–H groups in total. The number of carbonyl (C=O) groups is 1. The van der Waals surface area contributed by atoms with Gasteiger partial charge in [-0.2, -0.15) is 0 Å². The maximum absolute atomic E-state index is 10.8. The number of ether oxygens (including phenoxy) is 3. The van der Waals surface area contributed by atoms with Gasteiger partial charge in [-0.3, -0.25) is 4.90 Å². The number of hydrogen-bond donors (Lipinski definition) is 1. The Kier molecular flexibility index (Phi) is 7.26. The Balaban J connectivity index is 1.36. The van der Waals surface area contributed by atoms with Crippen molar-refractivity contribution in [1.82, 2.24) is 4.90 Å². The zero-order chi connectivity index (χ0) is 23.4. The summed E-state index contributed by atoms with van der Waals surface area (Å²) in [5.41, 5.74) is 4.29. The summed E-state index contributed by atoms with van der Waals surface area (Å²) < 4.78 is 16.8. The standard InChI is InChI=1S/C26H28ClNO5/c1-17(2)23-8-5-18(11-24(23)27)15-31-21-7-6-20-10-19(16-32-25(20)12-21)13-28-9-3-4-22(14-28)33-26(29)30/h4-8,10-12,17H,3,9,13-16H2,1-2H3,(H,29,30). The Labute approximate surface area is 199 Å². The van der Waals surface area contributed by atoms with Gasteiger partial charge in [0.25, 0.3) is 0 Å². The average Bonchev–Trinajstić information content (AvgIpc) is 2.77. The Bertz CT molecular complexity index is 1090.